The van der Waals surface area contributed by atoms with Crippen molar-refractivity contribution in [3.05, 3.63) is 90.7 Å². The summed E-state index contributed by atoms with van der Waals surface area (Å²) < 4.78 is 20.4. The van der Waals surface area contributed by atoms with E-state index in [1.165, 1.54) is 12.1 Å². The van der Waals surface area contributed by atoms with Gasteiger partial charge >= 0.3 is 0 Å². The van der Waals surface area contributed by atoms with Crippen LogP contribution in [0.25, 0.3) is 28.2 Å². The Morgan fingerprint density at radius 1 is 0.808 bits per heavy atom. The van der Waals surface area contributed by atoms with E-state index in [-0.39, 0.29) is 5.82 Å². The molecule has 0 radical (unpaired) electrons. The number of benzene rings is 3. The molecule has 0 aliphatic rings. The van der Waals surface area contributed by atoms with Crippen LogP contribution in [-0.4, -0.2) is 16.9 Å². The van der Waals surface area contributed by atoms with Crippen LogP contribution in [0.2, 0.25) is 0 Å². The first-order chi connectivity index (χ1) is 12.7. The summed E-state index contributed by atoms with van der Waals surface area (Å²) in [6.07, 6.45) is 0. The number of aromatic nitrogens is 2. The summed E-state index contributed by atoms with van der Waals surface area (Å²) >= 11 is 0. The van der Waals surface area contributed by atoms with E-state index < -0.39 is 0 Å². The van der Waals surface area contributed by atoms with E-state index in [1.54, 1.807) is 19.2 Å². The van der Waals surface area contributed by atoms with Crippen LogP contribution in [0.1, 0.15) is 0 Å². The van der Waals surface area contributed by atoms with Crippen LogP contribution in [0.4, 0.5) is 4.39 Å². The van der Waals surface area contributed by atoms with Crippen LogP contribution in [0.5, 0.6) is 5.75 Å². The first kappa shape index (κ1) is 16.1. The lowest BCUT2D eigenvalue weighted by atomic mass is 10.1. The van der Waals surface area contributed by atoms with Gasteiger partial charge in [-0.05, 0) is 66.7 Å². The molecule has 0 atom stereocenters. The third-order valence-electron chi connectivity index (χ3n) is 4.24. The Hall–Kier alpha value is -3.40. The highest BCUT2D eigenvalue weighted by Crippen LogP contribution is 2.29. The minimum Gasteiger partial charge on any atom is -0.497 e. The highest BCUT2D eigenvalue weighted by Gasteiger charge is 2.13. The molecule has 4 rings (SSSR count). The maximum absolute atomic E-state index is 13.3. The fourth-order valence-corrected chi connectivity index (χ4v) is 2.88. The molecule has 0 unspecified atom stereocenters. The summed E-state index contributed by atoms with van der Waals surface area (Å²) in [6, 6.07) is 26.2. The van der Waals surface area contributed by atoms with Crippen molar-refractivity contribution in [1.29, 1.82) is 0 Å². The lowest BCUT2D eigenvalue weighted by molar-refractivity contribution is 0.415. The lowest BCUT2D eigenvalue weighted by Gasteiger charge is -2.08. The standard InChI is InChI=1S/C22H17FN2O/c1-26-20-13-9-17(10-14-20)22-15-21(16-7-11-18(23)12-8-16)24-25(22)19-5-3-2-4-6-19/h2-15H,1H3. The normalized spacial score (nSPS) is 10.7. The predicted octanol–water partition coefficient (Wildman–Crippen LogP) is 5.35. The second kappa shape index (κ2) is 6.84. The van der Waals surface area contributed by atoms with Gasteiger partial charge in [-0.25, -0.2) is 9.07 Å². The topological polar surface area (TPSA) is 27.1 Å². The smallest absolute Gasteiger partial charge is 0.123 e. The molecule has 0 saturated heterocycles. The summed E-state index contributed by atoms with van der Waals surface area (Å²) in [4.78, 5) is 0. The molecule has 4 heteroatoms. The first-order valence-corrected chi connectivity index (χ1v) is 8.30. The van der Waals surface area contributed by atoms with Gasteiger partial charge in [0.05, 0.1) is 24.2 Å². The van der Waals surface area contributed by atoms with Crippen molar-refractivity contribution in [3.8, 4) is 34.0 Å². The predicted molar refractivity (Wildman–Crippen MR) is 101 cm³/mol. The molecule has 0 fully saturated rings. The minimum absolute atomic E-state index is 0.258. The Balaban J connectivity index is 1.86. The molecule has 128 valence electrons. The number of para-hydroxylation sites is 1. The summed E-state index contributed by atoms with van der Waals surface area (Å²) in [5.41, 5.74) is 4.61. The molecule has 4 aromatic rings. The maximum Gasteiger partial charge on any atom is 0.123 e. The Bertz CT molecular complexity index is 1010. The third kappa shape index (κ3) is 3.09. The van der Waals surface area contributed by atoms with Crippen molar-refractivity contribution >= 4 is 0 Å². The van der Waals surface area contributed by atoms with Crippen LogP contribution in [-0.2, 0) is 0 Å². The van der Waals surface area contributed by atoms with Crippen LogP contribution in [0.3, 0.4) is 0 Å². The average Bonchev–Trinajstić information content (AvgIpc) is 3.15. The van der Waals surface area contributed by atoms with Crippen molar-refractivity contribution in [2.24, 2.45) is 0 Å². The fourth-order valence-electron chi connectivity index (χ4n) is 2.88. The Morgan fingerprint density at radius 3 is 2.12 bits per heavy atom. The molecule has 1 heterocycles. The lowest BCUT2D eigenvalue weighted by Crippen LogP contribution is -1.99. The molecular formula is C22H17FN2O. The molecule has 26 heavy (non-hydrogen) atoms. The van der Waals surface area contributed by atoms with Crippen LogP contribution in [0.15, 0.2) is 84.9 Å². The van der Waals surface area contributed by atoms with Crippen LogP contribution in [0, 0.1) is 5.82 Å². The van der Waals surface area contributed by atoms with Gasteiger partial charge in [-0.1, -0.05) is 18.2 Å². The number of methoxy groups -OCH3 is 1. The van der Waals surface area contributed by atoms with E-state index in [0.717, 1.165) is 34.0 Å². The maximum atomic E-state index is 13.3. The van der Waals surface area contributed by atoms with Crippen molar-refractivity contribution < 1.29 is 9.13 Å². The zero-order valence-corrected chi connectivity index (χ0v) is 14.3. The SMILES string of the molecule is COc1ccc(-c2cc(-c3ccc(F)cc3)nn2-c2ccccc2)cc1. The number of halogens is 1. The van der Waals surface area contributed by atoms with Gasteiger partial charge in [-0.15, -0.1) is 0 Å². The Labute approximate surface area is 151 Å². The quantitative estimate of drug-likeness (QED) is 0.499. The molecule has 3 aromatic carbocycles. The third-order valence-corrected chi connectivity index (χ3v) is 4.24. The molecule has 1 aromatic heterocycles. The van der Waals surface area contributed by atoms with Crippen LogP contribution < -0.4 is 4.74 Å². The van der Waals surface area contributed by atoms with Gasteiger partial charge in [0.25, 0.3) is 0 Å². The van der Waals surface area contributed by atoms with Gasteiger partial charge in [0.2, 0.25) is 0 Å². The average molecular weight is 344 g/mol. The highest BCUT2D eigenvalue weighted by atomic mass is 19.1. The second-order valence-electron chi connectivity index (χ2n) is 5.90. The Kier molecular flexibility index (Phi) is 4.23. The second-order valence-corrected chi connectivity index (χ2v) is 5.90. The first-order valence-electron chi connectivity index (χ1n) is 8.30. The van der Waals surface area contributed by atoms with Crippen molar-refractivity contribution in [2.75, 3.05) is 7.11 Å². The molecule has 3 nitrogen and oxygen atoms in total. The van der Waals surface area contributed by atoms with Crippen molar-refractivity contribution in [3.63, 3.8) is 0 Å². The molecule has 0 N–H and O–H groups in total. The fraction of sp³-hybridized carbons (Fsp3) is 0.0455. The molecule has 0 amide bonds. The monoisotopic (exact) mass is 344 g/mol. The van der Waals surface area contributed by atoms with Crippen molar-refractivity contribution in [2.45, 2.75) is 0 Å². The number of rotatable bonds is 4. The molecule has 0 spiro atoms. The van der Waals surface area contributed by atoms with Crippen LogP contribution >= 0.6 is 0 Å². The summed E-state index contributed by atoms with van der Waals surface area (Å²) in [5.74, 6) is 0.546. The summed E-state index contributed by atoms with van der Waals surface area (Å²) in [7, 11) is 1.65. The van der Waals surface area contributed by atoms with Crippen molar-refractivity contribution in [1.82, 2.24) is 9.78 Å². The van der Waals surface area contributed by atoms with Gasteiger partial charge in [-0.3, -0.25) is 0 Å². The minimum atomic E-state index is -0.258. The summed E-state index contributed by atoms with van der Waals surface area (Å²) in [5, 5.41) is 4.76. The number of hydrogen-bond donors (Lipinski definition) is 0. The molecule has 0 saturated carbocycles. The van der Waals surface area contributed by atoms with Gasteiger partial charge in [0.15, 0.2) is 0 Å². The molecular weight excluding hydrogens is 327 g/mol. The molecule has 0 aliphatic heterocycles. The highest BCUT2D eigenvalue weighted by molar-refractivity contribution is 5.70. The van der Waals surface area contributed by atoms with E-state index in [0.29, 0.717) is 0 Å². The van der Waals surface area contributed by atoms with Gasteiger partial charge in [0.1, 0.15) is 11.6 Å². The number of nitrogens with zero attached hydrogens (tertiary/aromatic N) is 2. The zero-order chi connectivity index (χ0) is 17.9. The number of ether oxygens (including phenoxy) is 1. The molecule has 0 aliphatic carbocycles. The van der Waals surface area contributed by atoms with Gasteiger partial charge in [0, 0.05) is 11.1 Å². The van der Waals surface area contributed by atoms with Gasteiger partial charge < -0.3 is 4.74 Å². The van der Waals surface area contributed by atoms with E-state index in [1.807, 2.05) is 65.3 Å². The summed E-state index contributed by atoms with van der Waals surface area (Å²) in [6.45, 7) is 0. The van der Waals surface area contributed by atoms with E-state index in [9.17, 15) is 4.39 Å². The Morgan fingerprint density at radius 2 is 1.46 bits per heavy atom. The van der Waals surface area contributed by atoms with E-state index in [4.69, 9.17) is 9.84 Å². The molecule has 0 bridgehead atoms. The largest absolute Gasteiger partial charge is 0.497 e. The van der Waals surface area contributed by atoms with E-state index in [2.05, 4.69) is 0 Å². The zero-order valence-electron chi connectivity index (χ0n) is 14.3. The van der Waals surface area contributed by atoms with Gasteiger partial charge in [-0.2, -0.15) is 5.10 Å². The number of hydrogen-bond acceptors (Lipinski definition) is 2. The van der Waals surface area contributed by atoms with E-state index >= 15 is 0 Å².